The molecular formula is C26H40N8O2S. The lowest BCUT2D eigenvalue weighted by molar-refractivity contribution is 0.187. The van der Waals surface area contributed by atoms with Crippen molar-refractivity contribution in [1.29, 1.82) is 0 Å². The van der Waals surface area contributed by atoms with Crippen LogP contribution in [-0.2, 0) is 24.4 Å². The van der Waals surface area contributed by atoms with Crippen molar-refractivity contribution in [2.45, 2.75) is 52.2 Å². The van der Waals surface area contributed by atoms with Crippen molar-refractivity contribution in [1.82, 2.24) is 25.0 Å². The number of thiazole rings is 1. The SMILES string of the molecule is C1CCOC1.C=NC(N)=Nc1cn(Cc2ccc(CNC)c3scnc23)nc1CN(CCO)CCCC. The molecule has 37 heavy (non-hydrogen) atoms. The summed E-state index contributed by atoms with van der Waals surface area (Å²) in [5, 5.41) is 17.5. The zero-order valence-corrected chi connectivity index (χ0v) is 22.8. The summed E-state index contributed by atoms with van der Waals surface area (Å²) >= 11 is 1.65. The maximum atomic E-state index is 9.46. The minimum atomic E-state index is 0.0974. The Morgan fingerprint density at radius 3 is 2.73 bits per heavy atom. The molecule has 3 aromatic rings. The molecule has 10 nitrogen and oxygen atoms in total. The smallest absolute Gasteiger partial charge is 0.220 e. The van der Waals surface area contributed by atoms with E-state index in [1.807, 2.05) is 23.4 Å². The molecule has 0 bridgehead atoms. The molecule has 0 amide bonds. The normalized spacial score (nSPS) is 13.8. The molecule has 1 aliphatic heterocycles. The quantitative estimate of drug-likeness (QED) is 0.243. The van der Waals surface area contributed by atoms with Gasteiger partial charge < -0.3 is 20.9 Å². The number of aromatic nitrogens is 3. The van der Waals surface area contributed by atoms with E-state index in [9.17, 15) is 5.11 Å². The van der Waals surface area contributed by atoms with Crippen LogP contribution < -0.4 is 11.1 Å². The van der Waals surface area contributed by atoms with Crippen LogP contribution >= 0.6 is 11.3 Å². The number of benzene rings is 1. The first kappa shape index (κ1) is 28.9. The van der Waals surface area contributed by atoms with Gasteiger partial charge in [-0.2, -0.15) is 5.10 Å². The van der Waals surface area contributed by atoms with Gasteiger partial charge in [-0.15, -0.1) is 11.3 Å². The highest BCUT2D eigenvalue weighted by Gasteiger charge is 2.16. The zero-order valence-electron chi connectivity index (χ0n) is 22.0. The molecule has 202 valence electrons. The van der Waals surface area contributed by atoms with Gasteiger partial charge in [0.05, 0.1) is 35.1 Å². The Hall–Kier alpha value is -2.70. The van der Waals surface area contributed by atoms with Gasteiger partial charge in [-0.3, -0.25) is 9.58 Å². The summed E-state index contributed by atoms with van der Waals surface area (Å²) in [4.78, 5) is 14.9. The van der Waals surface area contributed by atoms with Crippen LogP contribution in [0, 0.1) is 0 Å². The summed E-state index contributed by atoms with van der Waals surface area (Å²) in [6, 6.07) is 4.25. The Labute approximate surface area is 223 Å². The summed E-state index contributed by atoms with van der Waals surface area (Å²) in [6.45, 7) is 11.1. The lowest BCUT2D eigenvalue weighted by Crippen LogP contribution is -2.28. The van der Waals surface area contributed by atoms with E-state index in [2.05, 4.69) is 51.0 Å². The van der Waals surface area contributed by atoms with Crippen LogP contribution in [0.4, 0.5) is 5.69 Å². The number of hydrogen-bond donors (Lipinski definition) is 3. The third-order valence-corrected chi connectivity index (χ3v) is 6.91. The fraction of sp³-hybridized carbons (Fsp3) is 0.538. The fourth-order valence-electron chi connectivity index (χ4n) is 4.10. The van der Waals surface area contributed by atoms with Crippen LogP contribution in [0.1, 0.15) is 49.4 Å². The van der Waals surface area contributed by atoms with Crippen molar-refractivity contribution in [3.8, 4) is 0 Å². The van der Waals surface area contributed by atoms with Gasteiger partial charge in [-0.25, -0.2) is 15.0 Å². The molecule has 1 saturated heterocycles. The topological polar surface area (TPSA) is 126 Å². The molecule has 4 N–H and O–H groups in total. The van der Waals surface area contributed by atoms with Gasteiger partial charge in [-0.1, -0.05) is 25.5 Å². The molecule has 1 aliphatic rings. The number of fused-ring (bicyclic) bond motifs is 1. The largest absolute Gasteiger partial charge is 0.395 e. The molecule has 0 unspecified atom stereocenters. The number of aliphatic imine (C=N–C) groups is 2. The van der Waals surface area contributed by atoms with Crippen LogP contribution in [0.2, 0.25) is 0 Å². The molecule has 1 fully saturated rings. The highest BCUT2D eigenvalue weighted by molar-refractivity contribution is 7.17. The molecule has 2 aromatic heterocycles. The van der Waals surface area contributed by atoms with E-state index in [-0.39, 0.29) is 12.6 Å². The van der Waals surface area contributed by atoms with Crippen LogP contribution in [-0.4, -0.2) is 77.4 Å². The number of aliphatic hydroxyl groups excluding tert-OH is 1. The highest BCUT2D eigenvalue weighted by atomic mass is 32.1. The lowest BCUT2D eigenvalue weighted by Gasteiger charge is -2.20. The van der Waals surface area contributed by atoms with Gasteiger partial charge in [0, 0.05) is 38.4 Å². The van der Waals surface area contributed by atoms with E-state index >= 15 is 0 Å². The van der Waals surface area contributed by atoms with E-state index in [1.54, 1.807) is 11.3 Å². The van der Waals surface area contributed by atoms with E-state index in [4.69, 9.17) is 15.6 Å². The van der Waals surface area contributed by atoms with Gasteiger partial charge in [0.1, 0.15) is 11.4 Å². The van der Waals surface area contributed by atoms with Gasteiger partial charge >= 0.3 is 0 Å². The predicted molar refractivity (Wildman–Crippen MR) is 152 cm³/mol. The molecule has 0 atom stereocenters. The number of nitrogens with zero attached hydrogens (tertiary/aromatic N) is 6. The second-order valence-electron chi connectivity index (χ2n) is 8.90. The van der Waals surface area contributed by atoms with Gasteiger partial charge in [0.25, 0.3) is 0 Å². The summed E-state index contributed by atoms with van der Waals surface area (Å²) in [5.74, 6) is 0.103. The standard InChI is InChI=1S/C22H32N8OS.C4H8O/c1-4-5-8-29(9-10-31)13-19-18(27-22(23)25-3)14-30(28-19)12-17-7-6-16(11-24-2)21-20(17)26-15-32-21;1-2-4-5-3-1/h6-7,14-15,24,31H,3-5,8-13H2,1-2H3,(H2,23,27);1-4H2. The number of nitrogens with two attached hydrogens (primary N) is 1. The number of ether oxygens (including phenoxy) is 1. The molecule has 0 spiro atoms. The van der Waals surface area contributed by atoms with Crippen LogP contribution in [0.3, 0.4) is 0 Å². The van der Waals surface area contributed by atoms with Gasteiger partial charge in [-0.05, 0) is 45.1 Å². The first-order valence-corrected chi connectivity index (χ1v) is 13.7. The minimum Gasteiger partial charge on any atom is -0.395 e. The van der Waals surface area contributed by atoms with E-state index in [0.717, 1.165) is 55.9 Å². The number of aliphatic hydroxyl groups is 1. The Morgan fingerprint density at radius 1 is 1.30 bits per heavy atom. The summed E-state index contributed by atoms with van der Waals surface area (Å²) in [7, 11) is 1.94. The van der Waals surface area contributed by atoms with E-state index in [0.29, 0.717) is 25.3 Å². The molecule has 4 rings (SSSR count). The van der Waals surface area contributed by atoms with Crippen molar-refractivity contribution < 1.29 is 9.84 Å². The molecule has 0 saturated carbocycles. The van der Waals surface area contributed by atoms with Crippen LogP contribution in [0.25, 0.3) is 10.2 Å². The minimum absolute atomic E-state index is 0.0974. The molecule has 0 aliphatic carbocycles. The number of nitrogens with one attached hydrogen (secondary N) is 1. The second kappa shape index (κ2) is 15.5. The Kier molecular flexibility index (Phi) is 12.1. The Bertz CT molecular complexity index is 1130. The monoisotopic (exact) mass is 528 g/mol. The first-order chi connectivity index (χ1) is 18.1. The lowest BCUT2D eigenvalue weighted by atomic mass is 10.1. The average Bonchev–Trinajstić information content (AvgIpc) is 3.68. The van der Waals surface area contributed by atoms with E-state index < -0.39 is 0 Å². The van der Waals surface area contributed by atoms with Crippen molar-refractivity contribution in [3.63, 3.8) is 0 Å². The van der Waals surface area contributed by atoms with Crippen molar-refractivity contribution >= 4 is 39.9 Å². The fourth-order valence-corrected chi connectivity index (χ4v) is 4.95. The molecule has 3 heterocycles. The summed E-state index contributed by atoms with van der Waals surface area (Å²) in [5.41, 5.74) is 12.5. The third kappa shape index (κ3) is 8.68. The van der Waals surface area contributed by atoms with Crippen LogP contribution in [0.5, 0.6) is 0 Å². The maximum Gasteiger partial charge on any atom is 0.220 e. The Morgan fingerprint density at radius 2 is 2.08 bits per heavy atom. The zero-order chi connectivity index (χ0) is 26.5. The van der Waals surface area contributed by atoms with Crippen molar-refractivity contribution in [3.05, 3.63) is 40.7 Å². The van der Waals surface area contributed by atoms with Crippen LogP contribution in [0.15, 0.2) is 33.8 Å². The highest BCUT2D eigenvalue weighted by Crippen LogP contribution is 2.27. The van der Waals surface area contributed by atoms with E-state index in [1.165, 1.54) is 23.1 Å². The first-order valence-electron chi connectivity index (χ1n) is 12.9. The predicted octanol–water partition coefficient (Wildman–Crippen LogP) is 3.30. The molecular weight excluding hydrogens is 488 g/mol. The Balaban J connectivity index is 0.000000678. The molecule has 1 aromatic carbocycles. The number of guanidine groups is 1. The number of unbranched alkanes of at least 4 members (excludes halogenated alkanes) is 1. The summed E-state index contributed by atoms with van der Waals surface area (Å²) < 4.78 is 8.00. The van der Waals surface area contributed by atoms with Gasteiger partial charge in [0.15, 0.2) is 0 Å². The van der Waals surface area contributed by atoms with Gasteiger partial charge in [0.2, 0.25) is 5.96 Å². The second-order valence-corrected chi connectivity index (χ2v) is 9.76. The summed E-state index contributed by atoms with van der Waals surface area (Å²) in [6.07, 6.45) is 6.57. The third-order valence-electron chi connectivity index (χ3n) is 6.01. The molecule has 11 heteroatoms. The maximum absolute atomic E-state index is 9.46. The number of rotatable bonds is 12. The molecule has 0 radical (unpaired) electrons. The number of hydrogen-bond acceptors (Lipinski definition) is 8. The average molecular weight is 529 g/mol. The van der Waals surface area contributed by atoms with Crippen molar-refractivity contribution in [2.24, 2.45) is 15.7 Å². The van der Waals surface area contributed by atoms with Crippen molar-refractivity contribution in [2.75, 3.05) is 40.0 Å².